The minimum absolute atomic E-state index is 0.261. The molecule has 0 atom stereocenters. The van der Waals surface area contributed by atoms with Gasteiger partial charge in [-0.2, -0.15) is 0 Å². The molecule has 1 aromatic rings. The summed E-state index contributed by atoms with van der Waals surface area (Å²) in [5.74, 6) is 1.25. The number of rotatable bonds is 4. The molecule has 20 heavy (non-hydrogen) atoms. The quantitative estimate of drug-likeness (QED) is 0.890. The average molecular weight is 273 g/mol. The Morgan fingerprint density at radius 2 is 1.80 bits per heavy atom. The van der Waals surface area contributed by atoms with Crippen molar-refractivity contribution >= 4 is 5.91 Å². The molecule has 1 amide bonds. The lowest BCUT2D eigenvalue weighted by Crippen LogP contribution is -2.36. The number of nitrogens with two attached hydrogens (primary N) is 1. The van der Waals surface area contributed by atoms with Crippen LogP contribution < -0.4 is 5.73 Å². The summed E-state index contributed by atoms with van der Waals surface area (Å²) in [6.45, 7) is 7.04. The molecular formula is C18H27NO. The minimum atomic E-state index is -0.261. The highest BCUT2D eigenvalue weighted by Crippen LogP contribution is 2.46. The van der Waals surface area contributed by atoms with Gasteiger partial charge in [0.2, 0.25) is 5.91 Å². The molecule has 0 heterocycles. The second kappa shape index (κ2) is 5.99. The molecule has 2 rings (SSSR count). The number of carbonyl (C=O) groups is 1. The Morgan fingerprint density at radius 3 is 2.25 bits per heavy atom. The van der Waals surface area contributed by atoms with E-state index in [9.17, 15) is 4.79 Å². The van der Waals surface area contributed by atoms with Crippen LogP contribution in [0.4, 0.5) is 0 Å². The third-order valence-corrected chi connectivity index (χ3v) is 5.18. The van der Waals surface area contributed by atoms with Crippen molar-refractivity contribution in [3.63, 3.8) is 0 Å². The van der Waals surface area contributed by atoms with E-state index >= 15 is 0 Å². The first-order chi connectivity index (χ1) is 9.44. The van der Waals surface area contributed by atoms with Crippen molar-refractivity contribution in [1.29, 1.82) is 0 Å². The Morgan fingerprint density at radius 1 is 1.25 bits per heavy atom. The molecule has 0 radical (unpaired) electrons. The summed E-state index contributed by atoms with van der Waals surface area (Å²) in [5, 5.41) is 0. The van der Waals surface area contributed by atoms with Crippen LogP contribution in [0.3, 0.4) is 0 Å². The third kappa shape index (κ3) is 3.05. The predicted molar refractivity (Wildman–Crippen MR) is 83.5 cm³/mol. The third-order valence-electron chi connectivity index (χ3n) is 5.18. The van der Waals surface area contributed by atoms with Crippen molar-refractivity contribution < 1.29 is 4.79 Å². The Bertz CT molecular complexity index is 453. The summed E-state index contributed by atoms with van der Waals surface area (Å²) in [4.78, 5) is 11.0. The maximum Gasteiger partial charge on any atom is 0.221 e. The molecule has 1 saturated carbocycles. The molecule has 2 heteroatoms. The van der Waals surface area contributed by atoms with E-state index in [4.69, 9.17) is 5.73 Å². The van der Waals surface area contributed by atoms with Gasteiger partial charge in [0.25, 0.3) is 0 Å². The molecule has 0 aromatic heterocycles. The SMILES string of the molecule is CC1CCC(c2ccc(CC(N)=O)cc2)(C(C)C)CC1. The van der Waals surface area contributed by atoms with Crippen LogP contribution >= 0.6 is 0 Å². The van der Waals surface area contributed by atoms with Crippen molar-refractivity contribution in [2.75, 3.05) is 0 Å². The molecule has 0 saturated heterocycles. The maximum absolute atomic E-state index is 11.0. The van der Waals surface area contributed by atoms with Crippen molar-refractivity contribution in [3.8, 4) is 0 Å². The number of carbonyl (C=O) groups excluding carboxylic acids is 1. The molecule has 0 spiro atoms. The van der Waals surface area contributed by atoms with Gasteiger partial charge in [0, 0.05) is 0 Å². The first-order valence-corrected chi connectivity index (χ1v) is 7.82. The number of hydrogen-bond acceptors (Lipinski definition) is 1. The normalized spacial score (nSPS) is 26.7. The summed E-state index contributed by atoms with van der Waals surface area (Å²) >= 11 is 0. The second-order valence-electron chi connectivity index (χ2n) is 6.83. The number of hydrogen-bond donors (Lipinski definition) is 1. The lowest BCUT2D eigenvalue weighted by Gasteiger charge is -2.43. The number of primary amides is 1. The molecule has 1 fully saturated rings. The van der Waals surface area contributed by atoms with Crippen LogP contribution in [-0.2, 0) is 16.6 Å². The van der Waals surface area contributed by atoms with Gasteiger partial charge in [0.1, 0.15) is 0 Å². The van der Waals surface area contributed by atoms with E-state index in [-0.39, 0.29) is 5.91 Å². The monoisotopic (exact) mass is 273 g/mol. The summed E-state index contributed by atoms with van der Waals surface area (Å²) in [6.07, 6.45) is 5.54. The van der Waals surface area contributed by atoms with Gasteiger partial charge in [-0.05, 0) is 54.1 Å². The van der Waals surface area contributed by atoms with E-state index in [2.05, 4.69) is 45.0 Å². The first kappa shape index (κ1) is 15.1. The maximum atomic E-state index is 11.0. The van der Waals surface area contributed by atoms with Gasteiger partial charge in [-0.25, -0.2) is 0 Å². The van der Waals surface area contributed by atoms with E-state index in [1.54, 1.807) is 0 Å². The molecule has 0 aliphatic heterocycles. The van der Waals surface area contributed by atoms with Gasteiger partial charge in [0.15, 0.2) is 0 Å². The minimum Gasteiger partial charge on any atom is -0.369 e. The fourth-order valence-corrected chi connectivity index (χ4v) is 3.63. The van der Waals surface area contributed by atoms with E-state index in [1.807, 2.05) is 0 Å². The van der Waals surface area contributed by atoms with Crippen LogP contribution in [-0.4, -0.2) is 5.91 Å². The Kier molecular flexibility index (Phi) is 4.52. The lowest BCUT2D eigenvalue weighted by molar-refractivity contribution is -0.117. The largest absolute Gasteiger partial charge is 0.369 e. The second-order valence-corrected chi connectivity index (χ2v) is 6.83. The van der Waals surface area contributed by atoms with E-state index in [0.29, 0.717) is 17.8 Å². The van der Waals surface area contributed by atoms with Gasteiger partial charge < -0.3 is 5.73 Å². The van der Waals surface area contributed by atoms with Crippen LogP contribution in [0.25, 0.3) is 0 Å². The van der Waals surface area contributed by atoms with Crippen molar-refractivity contribution in [1.82, 2.24) is 0 Å². The van der Waals surface area contributed by atoms with Crippen LogP contribution in [0.15, 0.2) is 24.3 Å². The fraction of sp³-hybridized carbons (Fsp3) is 0.611. The Balaban J connectivity index is 2.24. The van der Waals surface area contributed by atoms with Crippen LogP contribution in [0.2, 0.25) is 0 Å². The standard InChI is InChI=1S/C18H27NO/c1-13(2)18(10-8-14(3)9-11-18)16-6-4-15(5-7-16)12-17(19)20/h4-7,13-14H,8-12H2,1-3H3,(H2,19,20). The molecule has 2 nitrogen and oxygen atoms in total. The van der Waals surface area contributed by atoms with Gasteiger partial charge in [-0.3, -0.25) is 4.79 Å². The smallest absolute Gasteiger partial charge is 0.221 e. The van der Waals surface area contributed by atoms with Gasteiger partial charge in [-0.15, -0.1) is 0 Å². The highest BCUT2D eigenvalue weighted by molar-refractivity contribution is 5.76. The predicted octanol–water partition coefficient (Wildman–Crippen LogP) is 3.82. The zero-order valence-corrected chi connectivity index (χ0v) is 13.0. The molecule has 1 aliphatic rings. The molecule has 0 bridgehead atoms. The molecule has 1 aromatic carbocycles. The van der Waals surface area contributed by atoms with E-state index in [0.717, 1.165) is 11.5 Å². The molecule has 0 unspecified atom stereocenters. The number of benzene rings is 1. The summed E-state index contributed by atoms with van der Waals surface area (Å²) in [6, 6.07) is 8.58. The van der Waals surface area contributed by atoms with E-state index in [1.165, 1.54) is 31.2 Å². The molecular weight excluding hydrogens is 246 g/mol. The zero-order valence-electron chi connectivity index (χ0n) is 13.0. The molecule has 1 aliphatic carbocycles. The Hall–Kier alpha value is -1.31. The van der Waals surface area contributed by atoms with E-state index < -0.39 is 0 Å². The summed E-state index contributed by atoms with van der Waals surface area (Å²) < 4.78 is 0. The van der Waals surface area contributed by atoms with Crippen LogP contribution in [0.5, 0.6) is 0 Å². The molecule has 2 N–H and O–H groups in total. The van der Waals surface area contributed by atoms with Gasteiger partial charge >= 0.3 is 0 Å². The lowest BCUT2D eigenvalue weighted by atomic mass is 9.61. The zero-order chi connectivity index (χ0) is 14.8. The topological polar surface area (TPSA) is 43.1 Å². The summed E-state index contributed by atoms with van der Waals surface area (Å²) in [5.41, 5.74) is 8.03. The van der Waals surface area contributed by atoms with Crippen molar-refractivity contribution in [2.45, 2.75) is 58.3 Å². The van der Waals surface area contributed by atoms with Gasteiger partial charge in [0.05, 0.1) is 6.42 Å². The highest BCUT2D eigenvalue weighted by Gasteiger charge is 2.38. The first-order valence-electron chi connectivity index (χ1n) is 7.82. The van der Waals surface area contributed by atoms with Crippen molar-refractivity contribution in [2.24, 2.45) is 17.6 Å². The fourth-order valence-electron chi connectivity index (χ4n) is 3.63. The highest BCUT2D eigenvalue weighted by atomic mass is 16.1. The summed E-state index contributed by atoms with van der Waals surface area (Å²) in [7, 11) is 0. The van der Waals surface area contributed by atoms with Crippen LogP contribution in [0, 0.1) is 11.8 Å². The average Bonchev–Trinajstić information content (AvgIpc) is 2.40. The number of amides is 1. The van der Waals surface area contributed by atoms with Crippen molar-refractivity contribution in [3.05, 3.63) is 35.4 Å². The van der Waals surface area contributed by atoms with Gasteiger partial charge in [-0.1, -0.05) is 45.0 Å². The Labute approximate surface area is 122 Å². The molecule has 110 valence electrons. The van der Waals surface area contributed by atoms with Crippen LogP contribution in [0.1, 0.15) is 57.6 Å².